The van der Waals surface area contributed by atoms with Crippen molar-refractivity contribution in [3.05, 3.63) is 53.9 Å². The Labute approximate surface area is 185 Å². The second-order valence-corrected chi connectivity index (χ2v) is 10.1. The molecule has 0 fully saturated rings. The molecule has 0 aliphatic rings. The Morgan fingerprint density at radius 2 is 1.82 bits per heavy atom. The summed E-state index contributed by atoms with van der Waals surface area (Å²) >= 11 is 0. The summed E-state index contributed by atoms with van der Waals surface area (Å²) in [5, 5.41) is 10.6. The number of rotatable bonds is 7. The zero-order valence-corrected chi connectivity index (χ0v) is 20.0. The van der Waals surface area contributed by atoms with Crippen molar-refractivity contribution in [2.75, 3.05) is 19.3 Å². The van der Waals surface area contributed by atoms with Gasteiger partial charge in [0.05, 0.1) is 17.0 Å². The fourth-order valence-corrected chi connectivity index (χ4v) is 3.45. The molecule has 0 bridgehead atoms. The largest absolute Gasteiger partial charge is 0.355 e. The van der Waals surface area contributed by atoms with E-state index in [1.165, 1.54) is 5.56 Å². The molecule has 9 heteroatoms. The lowest BCUT2D eigenvalue weighted by molar-refractivity contribution is 0.559. The predicted octanol–water partition coefficient (Wildman–Crippen LogP) is 2.43. The van der Waals surface area contributed by atoms with Crippen molar-refractivity contribution in [3.63, 3.8) is 0 Å². The summed E-state index contributed by atoms with van der Waals surface area (Å²) in [4.78, 5) is 4.17. The van der Waals surface area contributed by atoms with Gasteiger partial charge in [-0.15, -0.1) is 24.0 Å². The quantitative estimate of drug-likeness (QED) is 0.334. The van der Waals surface area contributed by atoms with Crippen LogP contribution in [-0.2, 0) is 22.9 Å². The van der Waals surface area contributed by atoms with E-state index >= 15 is 0 Å². The highest BCUT2D eigenvalue weighted by Crippen LogP contribution is 2.15. The lowest BCUT2D eigenvalue weighted by atomic mass is 10.1. The average molecular weight is 519 g/mol. The Morgan fingerprint density at radius 3 is 2.39 bits per heavy atom. The summed E-state index contributed by atoms with van der Waals surface area (Å²) in [6.07, 6.45) is 3.69. The van der Waals surface area contributed by atoms with Crippen molar-refractivity contribution in [1.82, 2.24) is 20.4 Å². The number of guanidine groups is 1. The van der Waals surface area contributed by atoms with Crippen LogP contribution in [-0.4, -0.2) is 48.3 Å². The lowest BCUT2D eigenvalue weighted by Gasteiger charge is -2.20. The Morgan fingerprint density at radius 1 is 1.14 bits per heavy atom. The van der Waals surface area contributed by atoms with Gasteiger partial charge in [0.25, 0.3) is 0 Å². The van der Waals surface area contributed by atoms with Crippen LogP contribution in [0.3, 0.4) is 0 Å². The number of nitrogens with zero attached hydrogens (tertiary/aromatic N) is 3. The van der Waals surface area contributed by atoms with Gasteiger partial charge < -0.3 is 10.6 Å². The number of nitrogens with one attached hydrogen (secondary N) is 2. The Balaban J connectivity index is 0.00000392. The molecule has 2 aromatic rings. The highest BCUT2D eigenvalue weighted by molar-refractivity contribution is 14.0. The fraction of sp³-hybridized carbons (Fsp3) is 0.474. The molecule has 1 heterocycles. The molecule has 1 aromatic heterocycles. The van der Waals surface area contributed by atoms with E-state index in [9.17, 15) is 8.42 Å². The standard InChI is InChI=1S/C19H29N5O2S.HI/c1-19(2,3)27(25,26)13-11-21-18(20-4)22-14-16-8-5-6-9-17(16)15-24-12-7-10-23-24;/h5-10,12H,11,13-15H2,1-4H3,(H2,20,21,22);1H. The van der Waals surface area contributed by atoms with E-state index < -0.39 is 14.6 Å². The first-order valence-electron chi connectivity index (χ1n) is 8.94. The molecule has 2 rings (SSSR count). The summed E-state index contributed by atoms with van der Waals surface area (Å²) in [6.45, 7) is 6.74. The first-order valence-corrected chi connectivity index (χ1v) is 10.6. The Bertz CT molecular complexity index is 859. The molecule has 0 amide bonds. The third kappa shape index (κ3) is 7.08. The van der Waals surface area contributed by atoms with Crippen molar-refractivity contribution < 1.29 is 8.42 Å². The first kappa shape index (κ1) is 24.4. The van der Waals surface area contributed by atoms with Gasteiger partial charge in [-0.1, -0.05) is 24.3 Å². The van der Waals surface area contributed by atoms with Gasteiger partial charge in [-0.25, -0.2) is 8.42 Å². The van der Waals surface area contributed by atoms with Crippen LogP contribution in [0, 0.1) is 0 Å². The third-order valence-electron chi connectivity index (χ3n) is 4.28. The molecule has 0 aliphatic heterocycles. The minimum absolute atomic E-state index is 0. The molecule has 0 unspecified atom stereocenters. The molecule has 7 nitrogen and oxygen atoms in total. The normalized spacial score (nSPS) is 12.4. The van der Waals surface area contributed by atoms with Crippen LogP contribution in [0.4, 0.5) is 0 Å². The molecule has 0 atom stereocenters. The van der Waals surface area contributed by atoms with E-state index in [-0.39, 0.29) is 29.7 Å². The third-order valence-corrected chi connectivity index (χ3v) is 6.88. The molecule has 0 saturated heterocycles. The maximum Gasteiger partial charge on any atom is 0.191 e. The molecule has 0 radical (unpaired) electrons. The predicted molar refractivity (Wildman–Crippen MR) is 125 cm³/mol. The fourth-order valence-electron chi connectivity index (χ4n) is 2.46. The van der Waals surface area contributed by atoms with E-state index in [1.807, 2.05) is 29.1 Å². The summed E-state index contributed by atoms with van der Waals surface area (Å²) in [7, 11) is -1.49. The smallest absolute Gasteiger partial charge is 0.191 e. The minimum Gasteiger partial charge on any atom is -0.355 e. The van der Waals surface area contributed by atoms with E-state index in [4.69, 9.17) is 0 Å². The molecule has 0 spiro atoms. The van der Waals surface area contributed by atoms with Gasteiger partial charge in [0.1, 0.15) is 0 Å². The maximum absolute atomic E-state index is 12.2. The number of aromatic nitrogens is 2. The van der Waals surface area contributed by atoms with Crippen molar-refractivity contribution in [3.8, 4) is 0 Å². The van der Waals surface area contributed by atoms with Gasteiger partial charge in [0.2, 0.25) is 0 Å². The highest BCUT2D eigenvalue weighted by atomic mass is 127. The van der Waals surface area contributed by atoms with Crippen LogP contribution < -0.4 is 10.6 Å². The van der Waals surface area contributed by atoms with Crippen LogP contribution in [0.2, 0.25) is 0 Å². The summed E-state index contributed by atoms with van der Waals surface area (Å²) < 4.78 is 25.5. The molecular formula is C19H30IN5O2S. The van der Waals surface area contributed by atoms with E-state index in [2.05, 4.69) is 32.9 Å². The number of hydrogen-bond donors (Lipinski definition) is 2. The van der Waals surface area contributed by atoms with Gasteiger partial charge in [0.15, 0.2) is 15.8 Å². The lowest BCUT2D eigenvalue weighted by Crippen LogP contribution is -2.41. The molecule has 156 valence electrons. The molecule has 28 heavy (non-hydrogen) atoms. The number of benzene rings is 1. The van der Waals surface area contributed by atoms with Crippen LogP contribution in [0.5, 0.6) is 0 Å². The van der Waals surface area contributed by atoms with Gasteiger partial charge in [-0.05, 0) is 38.0 Å². The van der Waals surface area contributed by atoms with Crippen LogP contribution in [0.15, 0.2) is 47.7 Å². The molecule has 1 aromatic carbocycles. The van der Waals surface area contributed by atoms with E-state index in [0.29, 0.717) is 25.6 Å². The van der Waals surface area contributed by atoms with Gasteiger partial charge in [0, 0.05) is 32.5 Å². The number of sulfone groups is 1. The topological polar surface area (TPSA) is 88.4 Å². The molecule has 0 saturated carbocycles. The minimum atomic E-state index is -3.16. The summed E-state index contributed by atoms with van der Waals surface area (Å²) in [5.41, 5.74) is 2.30. The van der Waals surface area contributed by atoms with Crippen LogP contribution in [0.25, 0.3) is 0 Å². The molecular weight excluding hydrogens is 489 g/mol. The summed E-state index contributed by atoms with van der Waals surface area (Å²) in [6, 6.07) is 10.0. The Hall–Kier alpha value is -1.62. The first-order chi connectivity index (χ1) is 12.7. The summed E-state index contributed by atoms with van der Waals surface area (Å²) in [5.74, 6) is 0.639. The Kier molecular flexibility index (Phi) is 9.42. The molecule has 0 aliphatic carbocycles. The van der Waals surface area contributed by atoms with Crippen molar-refractivity contribution in [2.24, 2.45) is 4.99 Å². The zero-order valence-electron chi connectivity index (χ0n) is 16.8. The number of aliphatic imine (C=N–C) groups is 1. The second kappa shape index (κ2) is 10.8. The van der Waals surface area contributed by atoms with Crippen molar-refractivity contribution in [2.45, 2.75) is 38.6 Å². The van der Waals surface area contributed by atoms with Gasteiger partial charge in [-0.2, -0.15) is 5.10 Å². The second-order valence-electron chi connectivity index (χ2n) is 7.26. The van der Waals surface area contributed by atoms with Crippen LogP contribution in [0.1, 0.15) is 31.9 Å². The number of halogens is 1. The maximum atomic E-state index is 12.2. The zero-order chi connectivity index (χ0) is 19.9. The average Bonchev–Trinajstić information content (AvgIpc) is 3.11. The monoisotopic (exact) mass is 519 g/mol. The van der Waals surface area contributed by atoms with Crippen molar-refractivity contribution in [1.29, 1.82) is 0 Å². The number of hydrogen-bond acceptors (Lipinski definition) is 4. The van der Waals surface area contributed by atoms with Gasteiger partial charge >= 0.3 is 0 Å². The van der Waals surface area contributed by atoms with Gasteiger partial charge in [-0.3, -0.25) is 9.67 Å². The van der Waals surface area contributed by atoms with E-state index in [0.717, 1.165) is 5.56 Å². The van der Waals surface area contributed by atoms with Crippen LogP contribution >= 0.6 is 24.0 Å². The SMILES string of the molecule is CN=C(NCCS(=O)(=O)C(C)(C)C)NCc1ccccc1Cn1cccn1.I. The molecule has 2 N–H and O–H groups in total. The van der Waals surface area contributed by atoms with Crippen molar-refractivity contribution >= 4 is 39.8 Å². The highest BCUT2D eigenvalue weighted by Gasteiger charge is 2.28. The van der Waals surface area contributed by atoms with E-state index in [1.54, 1.807) is 34.0 Å².